The number of aryl methyl sites for hydroxylation is 1. The van der Waals surface area contributed by atoms with Gasteiger partial charge in [0.05, 0.1) is 35.2 Å². The van der Waals surface area contributed by atoms with E-state index in [1.54, 1.807) is 23.1 Å². The summed E-state index contributed by atoms with van der Waals surface area (Å²) in [6.45, 7) is 7.44. The van der Waals surface area contributed by atoms with Gasteiger partial charge in [-0.25, -0.2) is 4.98 Å². The van der Waals surface area contributed by atoms with Crippen LogP contribution in [0.15, 0.2) is 58.7 Å². The van der Waals surface area contributed by atoms with Gasteiger partial charge in [-0.15, -0.1) is 11.3 Å². The fourth-order valence-corrected chi connectivity index (χ4v) is 6.48. The molecule has 2 aromatic heterocycles. The number of hydrogen-bond donors (Lipinski definition) is 0. The number of piperidine rings is 1. The molecule has 1 aliphatic rings. The maximum atomic E-state index is 14.5. The summed E-state index contributed by atoms with van der Waals surface area (Å²) in [6, 6.07) is 12.1. The number of nitrogens with zero attached hydrogens (tertiary/aromatic N) is 3. The van der Waals surface area contributed by atoms with Crippen LogP contribution in [0.25, 0.3) is 27.5 Å². The van der Waals surface area contributed by atoms with E-state index >= 15 is 0 Å². The number of carbonyl (C=O) groups is 1. The van der Waals surface area contributed by atoms with Gasteiger partial charge in [-0.2, -0.15) is 13.2 Å². The van der Waals surface area contributed by atoms with Crippen LogP contribution in [-0.2, 0) is 19.0 Å². The van der Waals surface area contributed by atoms with Crippen LogP contribution in [0.5, 0.6) is 5.75 Å². The van der Waals surface area contributed by atoms with Crippen molar-refractivity contribution in [3.63, 3.8) is 0 Å². The van der Waals surface area contributed by atoms with Crippen LogP contribution in [0.3, 0.4) is 0 Å². The fourth-order valence-electron chi connectivity index (χ4n) is 5.64. The number of thiazole rings is 1. The predicted octanol–water partition coefficient (Wildman–Crippen LogP) is 8.04. The molecule has 3 heterocycles. The Morgan fingerprint density at radius 3 is 2.36 bits per heavy atom. The highest BCUT2D eigenvalue weighted by Gasteiger charge is 2.31. The molecule has 2 aromatic carbocycles. The molecule has 0 saturated carbocycles. The number of ether oxygens (including phenoxy) is 1. The summed E-state index contributed by atoms with van der Waals surface area (Å²) in [5, 5.41) is 2.11. The summed E-state index contributed by atoms with van der Waals surface area (Å²) in [7, 11) is 1.57. The van der Waals surface area contributed by atoms with Crippen LogP contribution in [0, 0.1) is 5.92 Å². The van der Waals surface area contributed by atoms with Crippen LogP contribution in [-0.4, -0.2) is 40.6 Å². The van der Waals surface area contributed by atoms with E-state index in [-0.39, 0.29) is 22.9 Å². The van der Waals surface area contributed by atoms with Gasteiger partial charge in [-0.1, -0.05) is 39.0 Å². The summed E-state index contributed by atoms with van der Waals surface area (Å²) in [4.78, 5) is 35.3. The molecule has 0 atom stereocenters. The largest absolute Gasteiger partial charge is 0.497 e. The minimum atomic E-state index is -4.44. The standard InChI is InChI=1S/C34H36F3N3O3S/c1-5-22-11-14-25(43-4)18-29(22)40-30(17-21(2)3)26(32(41)39-15-7-6-8-16-39)19-27(33(40)42)31-38-28(20-44-31)23-9-12-24(13-10-23)34(35,36)37/h9-14,18-21H,5-8,15-17H2,1-4H3. The topological polar surface area (TPSA) is 64.4 Å². The Morgan fingerprint density at radius 2 is 1.75 bits per heavy atom. The number of methoxy groups -OCH3 is 1. The zero-order chi connectivity index (χ0) is 31.6. The van der Waals surface area contributed by atoms with Gasteiger partial charge in [0.15, 0.2) is 0 Å². The molecule has 1 fully saturated rings. The molecule has 10 heteroatoms. The smallest absolute Gasteiger partial charge is 0.416 e. The number of rotatable bonds is 8. The summed E-state index contributed by atoms with van der Waals surface area (Å²) in [6.07, 6.45) is -0.360. The fraction of sp³-hybridized carbons (Fsp3) is 0.382. The van der Waals surface area contributed by atoms with E-state index in [2.05, 4.69) is 13.8 Å². The van der Waals surface area contributed by atoms with E-state index in [0.717, 1.165) is 37.0 Å². The first-order chi connectivity index (χ1) is 21.0. The van der Waals surface area contributed by atoms with Gasteiger partial charge >= 0.3 is 6.18 Å². The second kappa shape index (κ2) is 13.0. The van der Waals surface area contributed by atoms with Crippen molar-refractivity contribution in [2.24, 2.45) is 5.92 Å². The van der Waals surface area contributed by atoms with Gasteiger partial charge < -0.3 is 9.64 Å². The highest BCUT2D eigenvalue weighted by Crippen LogP contribution is 2.34. The normalized spacial score (nSPS) is 13.9. The minimum Gasteiger partial charge on any atom is -0.497 e. The average molecular weight is 624 g/mol. The highest BCUT2D eigenvalue weighted by atomic mass is 32.1. The summed E-state index contributed by atoms with van der Waals surface area (Å²) < 4.78 is 46.6. The van der Waals surface area contributed by atoms with Crippen molar-refractivity contribution in [2.45, 2.75) is 59.1 Å². The van der Waals surface area contributed by atoms with E-state index in [4.69, 9.17) is 9.72 Å². The Morgan fingerprint density at radius 1 is 1.05 bits per heavy atom. The third kappa shape index (κ3) is 6.45. The molecule has 0 aliphatic carbocycles. The molecule has 1 aliphatic heterocycles. The molecule has 232 valence electrons. The highest BCUT2D eigenvalue weighted by molar-refractivity contribution is 7.13. The third-order valence-corrected chi connectivity index (χ3v) is 8.81. The van der Waals surface area contributed by atoms with Crippen LogP contribution in [0.4, 0.5) is 13.2 Å². The molecule has 0 unspecified atom stereocenters. The van der Waals surface area contributed by atoms with E-state index in [1.165, 1.54) is 23.5 Å². The Hall–Kier alpha value is -3.92. The zero-order valence-corrected chi connectivity index (χ0v) is 26.1. The number of alkyl halides is 3. The molecule has 44 heavy (non-hydrogen) atoms. The molecule has 1 saturated heterocycles. The lowest BCUT2D eigenvalue weighted by Crippen LogP contribution is -2.38. The molecule has 0 spiro atoms. The summed E-state index contributed by atoms with van der Waals surface area (Å²) in [5.74, 6) is 0.629. The first-order valence-corrected chi connectivity index (χ1v) is 15.8. The van der Waals surface area contributed by atoms with Crippen molar-refractivity contribution >= 4 is 17.2 Å². The first kappa shape index (κ1) is 31.5. The molecule has 1 amide bonds. The van der Waals surface area contributed by atoms with Crippen molar-refractivity contribution in [2.75, 3.05) is 20.2 Å². The number of hydrogen-bond acceptors (Lipinski definition) is 5. The monoisotopic (exact) mass is 623 g/mol. The Bertz CT molecular complexity index is 1700. The SMILES string of the molecule is CCc1ccc(OC)cc1-n1c(CC(C)C)c(C(=O)N2CCCCC2)cc(-c2nc(-c3ccc(C(F)(F)F)cc3)cs2)c1=O. The van der Waals surface area contributed by atoms with Gasteiger partial charge in [0, 0.05) is 35.8 Å². The van der Waals surface area contributed by atoms with Crippen molar-refractivity contribution in [1.82, 2.24) is 14.5 Å². The lowest BCUT2D eigenvalue weighted by atomic mass is 9.98. The predicted molar refractivity (Wildman–Crippen MR) is 168 cm³/mol. The molecule has 6 nitrogen and oxygen atoms in total. The van der Waals surface area contributed by atoms with Gasteiger partial charge in [0.25, 0.3) is 11.5 Å². The Kier molecular flexibility index (Phi) is 9.29. The maximum absolute atomic E-state index is 14.5. The minimum absolute atomic E-state index is 0.115. The van der Waals surface area contributed by atoms with E-state index in [9.17, 15) is 22.8 Å². The molecular formula is C34H36F3N3O3S. The van der Waals surface area contributed by atoms with Crippen LogP contribution in [0.2, 0.25) is 0 Å². The van der Waals surface area contributed by atoms with Crippen molar-refractivity contribution in [3.05, 3.63) is 86.6 Å². The molecule has 5 rings (SSSR count). The number of aromatic nitrogens is 2. The molecule has 0 N–H and O–H groups in total. The van der Waals surface area contributed by atoms with E-state index in [0.29, 0.717) is 64.9 Å². The van der Waals surface area contributed by atoms with Crippen LogP contribution in [0.1, 0.15) is 67.2 Å². The third-order valence-electron chi connectivity index (χ3n) is 7.94. The van der Waals surface area contributed by atoms with Crippen molar-refractivity contribution < 1.29 is 22.7 Å². The molecule has 0 bridgehead atoms. The zero-order valence-electron chi connectivity index (χ0n) is 25.3. The van der Waals surface area contributed by atoms with Crippen LogP contribution >= 0.6 is 11.3 Å². The quantitative estimate of drug-likeness (QED) is 0.199. The lowest BCUT2D eigenvalue weighted by molar-refractivity contribution is -0.137. The second-order valence-corrected chi connectivity index (χ2v) is 12.3. The second-order valence-electron chi connectivity index (χ2n) is 11.5. The van der Waals surface area contributed by atoms with Gasteiger partial charge in [-0.05, 0) is 67.9 Å². The number of carbonyl (C=O) groups excluding carboxylic acids is 1. The summed E-state index contributed by atoms with van der Waals surface area (Å²) >= 11 is 1.22. The molecule has 4 aromatic rings. The van der Waals surface area contributed by atoms with Crippen molar-refractivity contribution in [1.29, 1.82) is 0 Å². The average Bonchev–Trinajstić information content (AvgIpc) is 3.51. The maximum Gasteiger partial charge on any atom is 0.416 e. The number of halogens is 3. The van der Waals surface area contributed by atoms with E-state index in [1.807, 2.05) is 30.0 Å². The number of likely N-dealkylation sites (tertiary alicyclic amines) is 1. The van der Waals surface area contributed by atoms with Gasteiger partial charge in [-0.3, -0.25) is 14.2 Å². The number of amides is 1. The Balaban J connectivity index is 1.74. The molecule has 0 radical (unpaired) electrons. The van der Waals surface area contributed by atoms with Crippen molar-refractivity contribution in [3.8, 4) is 33.3 Å². The molecular weight excluding hydrogens is 587 g/mol. The summed E-state index contributed by atoms with van der Waals surface area (Å²) in [5.41, 5.74) is 2.86. The first-order valence-electron chi connectivity index (χ1n) is 14.9. The number of benzene rings is 2. The van der Waals surface area contributed by atoms with E-state index < -0.39 is 11.7 Å². The van der Waals surface area contributed by atoms with Gasteiger partial charge in [0.2, 0.25) is 0 Å². The lowest BCUT2D eigenvalue weighted by Gasteiger charge is -2.29. The number of pyridine rings is 1. The van der Waals surface area contributed by atoms with Crippen LogP contribution < -0.4 is 10.3 Å². The Labute approximate surface area is 259 Å². The van der Waals surface area contributed by atoms with Gasteiger partial charge in [0.1, 0.15) is 10.8 Å².